The third-order valence-corrected chi connectivity index (χ3v) is 4.12. The first kappa shape index (κ1) is 14.7. The van der Waals surface area contributed by atoms with Gasteiger partial charge in [-0.2, -0.15) is 0 Å². The number of anilines is 1. The summed E-state index contributed by atoms with van der Waals surface area (Å²) in [5.41, 5.74) is 0.934. The van der Waals surface area contributed by atoms with Crippen LogP contribution in [0.1, 0.15) is 5.56 Å². The molecule has 0 unspecified atom stereocenters. The van der Waals surface area contributed by atoms with E-state index in [2.05, 4.69) is 10.2 Å². The number of nitrogens with one attached hydrogen (secondary N) is 2. The number of carboxylic acid groups (broad SMARTS) is 1. The molecule has 1 heterocycles. The standard InChI is InChI=1S/C10H9ClN2O6S/c11-6-3-7-5(2-9(14)12-7)1-8(6)20(17,18)13-19-4-10(15)16/h1,3,13H,2,4H2,(H,12,14)(H,15,16). The Bertz CT molecular complexity index is 687. The predicted octanol–water partition coefficient (Wildman–Crippen LogP) is 0.129. The van der Waals surface area contributed by atoms with Crippen LogP contribution in [-0.4, -0.2) is 32.0 Å². The molecule has 0 bridgehead atoms. The number of hydrogen-bond acceptors (Lipinski definition) is 5. The van der Waals surface area contributed by atoms with Gasteiger partial charge in [-0.15, -0.1) is 0 Å². The molecule has 1 amide bonds. The van der Waals surface area contributed by atoms with Gasteiger partial charge in [0.1, 0.15) is 4.90 Å². The molecule has 2 rings (SSSR count). The molecule has 0 radical (unpaired) electrons. The lowest BCUT2D eigenvalue weighted by atomic mass is 10.2. The minimum atomic E-state index is -4.13. The van der Waals surface area contributed by atoms with Crippen LogP contribution in [0.3, 0.4) is 0 Å². The van der Waals surface area contributed by atoms with Crippen molar-refractivity contribution < 1.29 is 28.0 Å². The average molecular weight is 321 g/mol. The zero-order valence-corrected chi connectivity index (χ0v) is 11.4. The Kier molecular flexibility index (Phi) is 3.95. The summed E-state index contributed by atoms with van der Waals surface area (Å²) in [6.07, 6.45) is 0.0466. The highest BCUT2D eigenvalue weighted by Gasteiger charge is 2.25. The van der Waals surface area contributed by atoms with Gasteiger partial charge in [-0.25, -0.2) is 13.2 Å². The van der Waals surface area contributed by atoms with Crippen LogP contribution in [0.15, 0.2) is 17.0 Å². The lowest BCUT2D eigenvalue weighted by Crippen LogP contribution is -2.27. The fraction of sp³-hybridized carbons (Fsp3) is 0.200. The Hall–Kier alpha value is -1.68. The Balaban J connectivity index is 2.26. The molecule has 8 nitrogen and oxygen atoms in total. The normalized spacial score (nSPS) is 13.9. The van der Waals surface area contributed by atoms with Gasteiger partial charge in [0.2, 0.25) is 5.91 Å². The van der Waals surface area contributed by atoms with Gasteiger partial charge >= 0.3 is 5.97 Å². The number of sulfonamides is 1. The third-order valence-electron chi connectivity index (χ3n) is 2.44. The molecule has 1 aromatic rings. The second kappa shape index (κ2) is 5.37. The number of carbonyl (C=O) groups is 2. The highest BCUT2D eigenvalue weighted by molar-refractivity contribution is 7.89. The van der Waals surface area contributed by atoms with Gasteiger partial charge in [-0.1, -0.05) is 16.5 Å². The minimum Gasteiger partial charge on any atom is -0.479 e. The number of benzene rings is 1. The number of fused-ring (bicyclic) bond motifs is 1. The van der Waals surface area contributed by atoms with Crippen molar-refractivity contribution in [1.29, 1.82) is 0 Å². The molecule has 0 spiro atoms. The molecule has 20 heavy (non-hydrogen) atoms. The van der Waals surface area contributed by atoms with Crippen LogP contribution in [0, 0.1) is 0 Å². The van der Waals surface area contributed by atoms with Crippen LogP contribution in [0.25, 0.3) is 0 Å². The summed E-state index contributed by atoms with van der Waals surface area (Å²) in [6.45, 7) is -0.832. The van der Waals surface area contributed by atoms with Crippen LogP contribution in [0.5, 0.6) is 0 Å². The SMILES string of the molecule is O=C(O)CONS(=O)(=O)c1cc2c(cc1Cl)NC(=O)C2. The van der Waals surface area contributed by atoms with Gasteiger partial charge in [0.15, 0.2) is 6.61 Å². The zero-order chi connectivity index (χ0) is 14.9. The van der Waals surface area contributed by atoms with E-state index in [0.29, 0.717) is 11.3 Å². The molecule has 10 heteroatoms. The highest BCUT2D eigenvalue weighted by atomic mass is 35.5. The molecule has 1 aliphatic heterocycles. The summed E-state index contributed by atoms with van der Waals surface area (Å²) in [7, 11) is -4.13. The summed E-state index contributed by atoms with van der Waals surface area (Å²) in [4.78, 5) is 27.1. The Labute approximate surface area is 118 Å². The van der Waals surface area contributed by atoms with Gasteiger partial charge in [-0.05, 0) is 17.7 Å². The fourth-order valence-electron chi connectivity index (χ4n) is 1.65. The van der Waals surface area contributed by atoms with Crippen molar-refractivity contribution in [2.24, 2.45) is 0 Å². The number of halogens is 1. The van der Waals surface area contributed by atoms with Crippen LogP contribution >= 0.6 is 11.6 Å². The number of aliphatic carboxylic acids is 1. The molecule has 0 aromatic heterocycles. The van der Waals surface area contributed by atoms with Crippen molar-refractivity contribution in [1.82, 2.24) is 4.89 Å². The van der Waals surface area contributed by atoms with E-state index in [1.807, 2.05) is 0 Å². The molecule has 0 aliphatic carbocycles. The summed E-state index contributed by atoms with van der Waals surface area (Å²) in [6, 6.07) is 2.55. The summed E-state index contributed by atoms with van der Waals surface area (Å²) >= 11 is 5.84. The number of rotatable bonds is 5. The predicted molar refractivity (Wildman–Crippen MR) is 67.7 cm³/mol. The van der Waals surface area contributed by atoms with Gasteiger partial charge in [0.25, 0.3) is 10.0 Å². The Morgan fingerprint density at radius 2 is 2.20 bits per heavy atom. The molecule has 0 saturated carbocycles. The third kappa shape index (κ3) is 3.07. The van der Waals surface area contributed by atoms with Crippen LogP contribution in [0.4, 0.5) is 5.69 Å². The van der Waals surface area contributed by atoms with Gasteiger partial charge in [0, 0.05) is 5.69 Å². The monoisotopic (exact) mass is 320 g/mol. The first-order valence-electron chi connectivity index (χ1n) is 5.27. The summed E-state index contributed by atoms with van der Waals surface area (Å²) in [5, 5.41) is 10.8. The lowest BCUT2D eigenvalue weighted by molar-refractivity contribution is -0.143. The molecule has 3 N–H and O–H groups in total. The molecule has 1 aliphatic rings. The summed E-state index contributed by atoms with van der Waals surface area (Å²) in [5.74, 6) is -1.59. The molecule has 0 saturated heterocycles. The lowest BCUT2D eigenvalue weighted by Gasteiger charge is -2.09. The van der Waals surface area contributed by atoms with E-state index in [9.17, 15) is 18.0 Å². The smallest absolute Gasteiger partial charge is 0.331 e. The average Bonchev–Trinajstić information content (AvgIpc) is 2.66. The second-order valence-electron chi connectivity index (χ2n) is 3.93. The molecule has 0 atom stereocenters. The van der Waals surface area contributed by atoms with Gasteiger partial charge < -0.3 is 10.4 Å². The maximum Gasteiger partial charge on any atom is 0.331 e. The van der Waals surface area contributed by atoms with E-state index in [1.54, 1.807) is 4.89 Å². The van der Waals surface area contributed by atoms with Crippen molar-refractivity contribution >= 4 is 39.2 Å². The molecular weight excluding hydrogens is 312 g/mol. The van der Waals surface area contributed by atoms with Crippen LogP contribution < -0.4 is 10.2 Å². The van der Waals surface area contributed by atoms with E-state index >= 15 is 0 Å². The highest BCUT2D eigenvalue weighted by Crippen LogP contribution is 2.32. The van der Waals surface area contributed by atoms with Crippen molar-refractivity contribution in [3.05, 3.63) is 22.7 Å². The number of amides is 1. The van der Waals surface area contributed by atoms with Crippen molar-refractivity contribution in [2.75, 3.05) is 11.9 Å². The van der Waals surface area contributed by atoms with E-state index in [0.717, 1.165) is 0 Å². The molecule has 1 aromatic carbocycles. The van der Waals surface area contributed by atoms with E-state index < -0.39 is 22.6 Å². The first-order chi connectivity index (χ1) is 9.29. The first-order valence-corrected chi connectivity index (χ1v) is 7.13. The van der Waals surface area contributed by atoms with Crippen molar-refractivity contribution in [3.8, 4) is 0 Å². The van der Waals surface area contributed by atoms with Gasteiger partial charge in [0.05, 0.1) is 11.4 Å². The molecule has 108 valence electrons. The van der Waals surface area contributed by atoms with Crippen LogP contribution in [0.2, 0.25) is 5.02 Å². The maximum atomic E-state index is 11.9. The van der Waals surface area contributed by atoms with E-state index in [-0.39, 0.29) is 22.2 Å². The fourth-order valence-corrected chi connectivity index (χ4v) is 3.03. The Morgan fingerprint density at radius 3 is 2.85 bits per heavy atom. The molecule has 0 fully saturated rings. The second-order valence-corrected chi connectivity index (χ2v) is 5.95. The van der Waals surface area contributed by atoms with E-state index in [1.165, 1.54) is 12.1 Å². The number of carboxylic acids is 1. The minimum absolute atomic E-state index is 0.0466. The van der Waals surface area contributed by atoms with Crippen molar-refractivity contribution in [3.63, 3.8) is 0 Å². The zero-order valence-electron chi connectivity index (χ0n) is 9.84. The number of carbonyl (C=O) groups excluding carboxylic acids is 1. The van der Waals surface area contributed by atoms with Crippen LogP contribution in [-0.2, 0) is 30.9 Å². The molecular formula is C10H9ClN2O6S. The topological polar surface area (TPSA) is 122 Å². The largest absolute Gasteiger partial charge is 0.479 e. The Morgan fingerprint density at radius 1 is 1.50 bits per heavy atom. The van der Waals surface area contributed by atoms with Crippen molar-refractivity contribution in [2.45, 2.75) is 11.3 Å². The van der Waals surface area contributed by atoms with Gasteiger partial charge in [-0.3, -0.25) is 9.63 Å². The number of hydrogen-bond donors (Lipinski definition) is 3. The van der Waals surface area contributed by atoms with E-state index in [4.69, 9.17) is 16.7 Å². The maximum absolute atomic E-state index is 11.9. The summed E-state index contributed by atoms with van der Waals surface area (Å²) < 4.78 is 23.8. The quantitative estimate of drug-likeness (QED) is 0.663.